The van der Waals surface area contributed by atoms with Crippen LogP contribution in [0.1, 0.15) is 172 Å². The van der Waals surface area contributed by atoms with Gasteiger partial charge in [0.25, 0.3) is 0 Å². The van der Waals surface area contributed by atoms with Crippen LogP contribution < -0.4 is 0 Å². The third kappa shape index (κ3) is 27.3. The van der Waals surface area contributed by atoms with E-state index in [2.05, 4.69) is 116 Å². The van der Waals surface area contributed by atoms with E-state index >= 15 is 0 Å². The van der Waals surface area contributed by atoms with Gasteiger partial charge in [0, 0.05) is 37.0 Å². The largest absolute Gasteiger partial charge is 0.299 e. The van der Waals surface area contributed by atoms with Crippen LogP contribution in [0.3, 0.4) is 0 Å². The van der Waals surface area contributed by atoms with Crippen LogP contribution in [0.2, 0.25) is 0 Å². The highest BCUT2D eigenvalue weighted by Gasteiger charge is 2.15. The number of hydrogen-bond acceptors (Lipinski definition) is 7. The lowest BCUT2D eigenvalue weighted by atomic mass is 10.00. The Hall–Kier alpha value is -2.42. The highest BCUT2D eigenvalue weighted by atomic mass is 32.2. The number of rotatable bonds is 17. The van der Waals surface area contributed by atoms with Crippen molar-refractivity contribution in [1.29, 1.82) is 0 Å². The molecule has 0 bridgehead atoms. The molecule has 2 heterocycles. The van der Waals surface area contributed by atoms with Gasteiger partial charge in [-0.25, -0.2) is 13.1 Å². The van der Waals surface area contributed by atoms with Crippen molar-refractivity contribution < 1.29 is 13.2 Å². The fourth-order valence-electron chi connectivity index (χ4n) is 4.21. The molecule has 9 heteroatoms. The van der Waals surface area contributed by atoms with Gasteiger partial charge in [-0.05, 0) is 88.2 Å². The van der Waals surface area contributed by atoms with Crippen molar-refractivity contribution in [1.82, 2.24) is 20.0 Å². The van der Waals surface area contributed by atoms with Crippen LogP contribution in [-0.2, 0) is 27.6 Å². The van der Waals surface area contributed by atoms with E-state index in [9.17, 15) is 13.2 Å². The summed E-state index contributed by atoms with van der Waals surface area (Å²) in [4.78, 5) is 19.8. The van der Waals surface area contributed by atoms with Crippen molar-refractivity contribution in [2.45, 2.75) is 173 Å². The van der Waals surface area contributed by atoms with Crippen molar-refractivity contribution in [3.8, 4) is 0 Å². The molecule has 0 radical (unpaired) electrons. The number of sulfone groups is 1. The van der Waals surface area contributed by atoms with Crippen LogP contribution >= 0.6 is 0 Å². The molecule has 2 rings (SSSR count). The lowest BCUT2D eigenvalue weighted by molar-refractivity contribution is -0.122. The second-order valence-electron chi connectivity index (χ2n) is 16.2. The van der Waals surface area contributed by atoms with E-state index in [1.807, 2.05) is 37.1 Å². The minimum absolute atomic E-state index is 0.218. The summed E-state index contributed by atoms with van der Waals surface area (Å²) < 4.78 is 24.5. The lowest BCUT2D eigenvalue weighted by Gasteiger charge is -2.08. The topological polar surface area (TPSA) is 107 Å². The Morgan fingerprint density at radius 3 is 1.78 bits per heavy atom. The van der Waals surface area contributed by atoms with Crippen molar-refractivity contribution in [2.75, 3.05) is 5.75 Å². The summed E-state index contributed by atoms with van der Waals surface area (Å²) in [6, 6.07) is 4.61. The first-order valence-corrected chi connectivity index (χ1v) is 20.9. The maximum atomic E-state index is 11.3. The van der Waals surface area contributed by atoms with E-state index in [0.29, 0.717) is 47.8 Å². The van der Waals surface area contributed by atoms with Gasteiger partial charge in [-0.2, -0.15) is 0 Å². The first-order chi connectivity index (χ1) is 23.1. The summed E-state index contributed by atoms with van der Waals surface area (Å²) in [5, 5.41) is 7.91. The van der Waals surface area contributed by atoms with E-state index in [0.717, 1.165) is 49.4 Å². The summed E-state index contributed by atoms with van der Waals surface area (Å²) in [6.45, 7) is 33.9. The lowest BCUT2D eigenvalue weighted by Crippen LogP contribution is -2.17. The molecule has 0 spiro atoms. The molecule has 0 aliphatic rings. The number of Topliss-reactive ketones (excluding diaryl/α,β-unsaturated/α-hetero) is 1. The molecule has 2 aromatic heterocycles. The molecule has 0 fully saturated rings. The molecule has 0 saturated carbocycles. The van der Waals surface area contributed by atoms with Crippen molar-refractivity contribution in [3.05, 3.63) is 41.5 Å². The number of nitrogens with zero attached hydrogens (tertiary/aromatic N) is 5. The average molecular weight is 720 g/mol. The Balaban J connectivity index is 0. The second-order valence-corrected chi connectivity index (χ2v) is 18.9. The maximum Gasteiger partial charge on any atom is 0.152 e. The van der Waals surface area contributed by atoms with Gasteiger partial charge in [0.1, 0.15) is 5.78 Å². The molecule has 290 valence electrons. The number of aromatic nitrogens is 4. The number of carbonyl (C=O) groups is 1. The van der Waals surface area contributed by atoms with Crippen molar-refractivity contribution in [2.24, 2.45) is 34.6 Å². The number of hydrogen-bond donors (Lipinski definition) is 0. The van der Waals surface area contributed by atoms with Gasteiger partial charge in [-0.3, -0.25) is 14.8 Å². The molecule has 50 heavy (non-hydrogen) atoms. The Morgan fingerprint density at radius 1 is 0.800 bits per heavy atom. The Bertz CT molecular complexity index is 1260. The second kappa shape index (κ2) is 27.3. The summed E-state index contributed by atoms with van der Waals surface area (Å²) >= 11 is 0. The maximum absolute atomic E-state index is 11.3. The van der Waals surface area contributed by atoms with E-state index in [1.54, 1.807) is 13.8 Å². The molecule has 0 saturated heterocycles. The highest BCUT2D eigenvalue weighted by Crippen LogP contribution is 2.13. The third-order valence-corrected chi connectivity index (χ3v) is 9.95. The van der Waals surface area contributed by atoms with E-state index in [4.69, 9.17) is 0 Å². The third-order valence-electron chi connectivity index (χ3n) is 7.65. The summed E-state index contributed by atoms with van der Waals surface area (Å²) in [6.07, 6.45) is 11.8. The number of carbonyl (C=O) groups excluding carboxylic acids is 1. The van der Waals surface area contributed by atoms with Crippen LogP contribution in [0.25, 0.3) is 0 Å². The zero-order chi connectivity index (χ0) is 39.0. The Labute approximate surface area is 309 Å². The van der Waals surface area contributed by atoms with E-state index < -0.39 is 9.84 Å². The van der Waals surface area contributed by atoms with Crippen LogP contribution in [0, 0.1) is 29.6 Å². The molecule has 8 nitrogen and oxygen atoms in total. The first kappa shape index (κ1) is 49.7. The predicted octanol–water partition coefficient (Wildman–Crippen LogP) is 10.8. The van der Waals surface area contributed by atoms with Gasteiger partial charge >= 0.3 is 0 Å². The van der Waals surface area contributed by atoms with E-state index in [-0.39, 0.29) is 11.2 Å². The highest BCUT2D eigenvalue weighted by molar-refractivity contribution is 7.91. The summed E-state index contributed by atoms with van der Waals surface area (Å²) in [5.41, 5.74) is 3.42. The minimum atomic E-state index is -2.79. The van der Waals surface area contributed by atoms with Crippen molar-refractivity contribution in [3.63, 3.8) is 0 Å². The Kier molecular flexibility index (Phi) is 27.1. The molecule has 2 aromatic rings. The minimum Gasteiger partial charge on any atom is -0.299 e. The molecule has 0 amide bonds. The van der Waals surface area contributed by atoms with Gasteiger partial charge in [0.15, 0.2) is 9.84 Å². The van der Waals surface area contributed by atoms with Gasteiger partial charge < -0.3 is 0 Å². The Morgan fingerprint density at radius 2 is 1.38 bits per heavy atom. The fourth-order valence-corrected chi connectivity index (χ4v) is 5.25. The zero-order valence-corrected chi connectivity index (χ0v) is 35.8. The van der Waals surface area contributed by atoms with Crippen molar-refractivity contribution >= 4 is 21.8 Å². The predicted molar refractivity (Wildman–Crippen MR) is 216 cm³/mol. The first-order valence-electron chi connectivity index (χ1n) is 19.2. The van der Waals surface area contributed by atoms with Crippen LogP contribution in [0.15, 0.2) is 29.5 Å². The van der Waals surface area contributed by atoms with Gasteiger partial charge in [0.2, 0.25) is 0 Å². The molecule has 0 aliphatic heterocycles. The summed E-state index contributed by atoms with van der Waals surface area (Å²) in [5.74, 6) is 4.03. The monoisotopic (exact) mass is 720 g/mol. The number of ketones is 1. The number of aliphatic imine (C=N–C) groups is 1. The number of pyridine rings is 1. The SMILES string of the molecule is CC(C)C=NCc1ccc(C(C)C)cn1.CC(C)CCCC(=O)C(C)C.CC(C)CCCS(=O)(=O)C(C)C.CC(C)Cc1cn(C(C)C)nn1. The molecule has 0 unspecified atom stereocenters. The molecule has 0 atom stereocenters. The summed E-state index contributed by atoms with van der Waals surface area (Å²) in [7, 11) is -2.79. The van der Waals surface area contributed by atoms with Crippen LogP contribution in [0.5, 0.6) is 0 Å². The normalized spacial score (nSPS) is 11.8. The molecule has 0 N–H and O–H groups in total. The van der Waals surface area contributed by atoms with E-state index in [1.165, 1.54) is 12.0 Å². The zero-order valence-electron chi connectivity index (χ0n) is 35.0. The van der Waals surface area contributed by atoms with Gasteiger partial charge in [0.05, 0.1) is 28.9 Å². The standard InChI is InChI=1S/C13H20N2.C10H20O.C9H17N3.C9H20O2S/c1-10(2)7-14-9-13-6-5-12(8-15-13)11(3)4;1-8(2)6-5-7-10(11)9(3)4;1-7(2)5-9-6-12(8(3)4)11-10-9;1-8(2)6-5-7-12(10,11)9(3)4/h5-8,10-11H,9H2,1-4H3;8-9H,5-7H2,1-4H3;6-8H,5H2,1-4H3;8-9H,5-7H2,1-4H3. The molecular formula is C41H77N5O3S. The quantitative estimate of drug-likeness (QED) is 0.151. The van der Waals surface area contributed by atoms with Gasteiger partial charge in [-0.15, -0.1) is 5.10 Å². The van der Waals surface area contributed by atoms with Crippen LogP contribution in [-0.4, -0.2) is 51.4 Å². The molecule has 0 aromatic carbocycles. The van der Waals surface area contributed by atoms with Crippen LogP contribution in [0.4, 0.5) is 0 Å². The molecular weight excluding hydrogens is 643 g/mol. The average Bonchev–Trinajstić information content (AvgIpc) is 3.46. The van der Waals surface area contributed by atoms with Gasteiger partial charge in [-0.1, -0.05) is 107 Å². The molecule has 0 aliphatic carbocycles. The fraction of sp³-hybridized carbons (Fsp3) is 0.780. The smallest absolute Gasteiger partial charge is 0.152 e.